The van der Waals surface area contributed by atoms with E-state index in [0.29, 0.717) is 45.6 Å². The van der Waals surface area contributed by atoms with Gasteiger partial charge >= 0.3 is 59.1 Å². The molecule has 0 fully saturated rings. The van der Waals surface area contributed by atoms with E-state index in [-0.39, 0.29) is 94.9 Å². The van der Waals surface area contributed by atoms with Crippen LogP contribution in [0.1, 0.15) is 46.4 Å². The van der Waals surface area contributed by atoms with E-state index < -0.39 is 11.9 Å². The minimum Gasteiger partial charge on any atom is -0.545 e. The first-order valence-corrected chi connectivity index (χ1v) is 15.7. The van der Waals surface area contributed by atoms with Gasteiger partial charge in [0, 0.05) is 45.4 Å². The molecule has 2 rings (SSSR count). The van der Waals surface area contributed by atoms with Gasteiger partial charge in [-0.05, 0) is 161 Å². The van der Waals surface area contributed by atoms with Gasteiger partial charge in [0.25, 0.3) is 0 Å². The van der Waals surface area contributed by atoms with Crippen molar-refractivity contribution < 1.29 is 88.5 Å². The number of amides is 2. The standard InChI is InChI=1S/C20H14I6N2O6.2Na/c21-7-5-9(23)17(15(25)13(7)19(31)32)27-11(29)3-1-2-4-12(30)28-18-10(24)6-8(22)14(16(18)26)20(33)34;;/h5-6H,1-4H2,(H,27,29)(H,28,30)(H,31,32)(H,33,34);;/q;2*+1/p-2. The molecule has 0 aliphatic heterocycles. The number of carbonyl (C=O) groups is 4. The monoisotopic (exact) mass is 1180 g/mol. The Balaban J connectivity index is 0.00000612. The van der Waals surface area contributed by atoms with Crippen LogP contribution in [0, 0.1) is 21.4 Å². The summed E-state index contributed by atoms with van der Waals surface area (Å²) in [4.78, 5) is 47.6. The van der Waals surface area contributed by atoms with Crippen LogP contribution in [-0.2, 0) is 9.59 Å². The number of aromatic carboxylic acids is 2. The Hall–Kier alpha value is 2.70. The minimum atomic E-state index is -1.31. The number of carbonyl (C=O) groups excluding carboxylic acids is 4. The van der Waals surface area contributed by atoms with Gasteiger partial charge in [-0.2, -0.15) is 0 Å². The van der Waals surface area contributed by atoms with E-state index in [2.05, 4.69) is 10.6 Å². The fraction of sp³-hybridized carbons (Fsp3) is 0.200. The van der Waals surface area contributed by atoms with Crippen LogP contribution in [0.2, 0.25) is 0 Å². The summed E-state index contributed by atoms with van der Waals surface area (Å²) in [5.74, 6) is -3.20. The van der Waals surface area contributed by atoms with Gasteiger partial charge in [-0.3, -0.25) is 9.59 Å². The van der Waals surface area contributed by atoms with E-state index in [1.807, 2.05) is 136 Å². The number of halogens is 6. The van der Waals surface area contributed by atoms with E-state index >= 15 is 0 Å². The SMILES string of the molecule is O=C(CCCCC(=O)Nc1c(I)cc(I)c(C(=O)[O-])c1I)Nc1c(I)cc(I)c(C(=O)[O-])c1I.[Na+].[Na+]. The molecule has 0 bridgehead atoms. The molecule has 0 aliphatic carbocycles. The molecular formula is C20H12I6N2Na2O6. The van der Waals surface area contributed by atoms with E-state index in [1.165, 1.54) is 0 Å². The number of hydrogen-bond donors (Lipinski definition) is 2. The van der Waals surface area contributed by atoms with Gasteiger partial charge in [-0.25, -0.2) is 0 Å². The van der Waals surface area contributed by atoms with Crippen LogP contribution in [0.3, 0.4) is 0 Å². The molecule has 8 nitrogen and oxygen atoms in total. The Kier molecular flexibility index (Phi) is 19.7. The predicted molar refractivity (Wildman–Crippen MR) is 174 cm³/mol. The quantitative estimate of drug-likeness (QED) is 0.173. The fourth-order valence-electron chi connectivity index (χ4n) is 2.76. The van der Waals surface area contributed by atoms with Gasteiger partial charge in [-0.1, -0.05) is 0 Å². The van der Waals surface area contributed by atoms with Gasteiger partial charge in [-0.15, -0.1) is 0 Å². The first kappa shape index (κ1) is 38.7. The third-order valence-corrected chi connectivity index (χ3v) is 9.90. The maximum absolute atomic E-state index is 12.4. The average Bonchev–Trinajstić information content (AvgIpc) is 2.70. The van der Waals surface area contributed by atoms with Crippen LogP contribution in [0.15, 0.2) is 12.1 Å². The molecule has 0 atom stereocenters. The molecule has 0 aliphatic rings. The summed E-state index contributed by atoms with van der Waals surface area (Å²) in [5.41, 5.74) is 0.927. The van der Waals surface area contributed by atoms with Crippen LogP contribution in [0.25, 0.3) is 0 Å². The topological polar surface area (TPSA) is 138 Å². The minimum absolute atomic E-state index is 0. The predicted octanol–water partition coefficient (Wildman–Crippen LogP) is -1.81. The first-order valence-electron chi connectivity index (χ1n) is 9.22. The van der Waals surface area contributed by atoms with Gasteiger partial charge in [0.1, 0.15) is 0 Å². The zero-order chi connectivity index (χ0) is 25.7. The van der Waals surface area contributed by atoms with Crippen LogP contribution in [0.5, 0.6) is 0 Å². The summed E-state index contributed by atoms with van der Waals surface area (Å²) in [6.07, 6.45) is 1.18. The largest absolute Gasteiger partial charge is 1.00 e. The number of rotatable bonds is 9. The zero-order valence-electron chi connectivity index (χ0n) is 18.7. The number of hydrogen-bond acceptors (Lipinski definition) is 6. The molecule has 182 valence electrons. The van der Waals surface area contributed by atoms with Crippen molar-refractivity contribution in [2.45, 2.75) is 25.7 Å². The number of unbranched alkanes of at least 4 members (excludes halogenated alkanes) is 1. The van der Waals surface area contributed by atoms with E-state index in [4.69, 9.17) is 0 Å². The summed E-state index contributed by atoms with van der Waals surface area (Å²) in [6, 6.07) is 3.32. The molecule has 0 spiro atoms. The third kappa shape index (κ3) is 10.8. The van der Waals surface area contributed by atoms with Crippen LogP contribution in [-0.4, -0.2) is 23.8 Å². The van der Waals surface area contributed by atoms with Gasteiger partial charge < -0.3 is 30.4 Å². The maximum atomic E-state index is 12.4. The second-order valence-corrected chi connectivity index (χ2v) is 13.5. The van der Waals surface area contributed by atoms with Crippen molar-refractivity contribution in [2.24, 2.45) is 0 Å². The van der Waals surface area contributed by atoms with Crippen molar-refractivity contribution in [2.75, 3.05) is 10.6 Å². The van der Waals surface area contributed by atoms with Crippen LogP contribution in [0.4, 0.5) is 11.4 Å². The van der Waals surface area contributed by atoms with E-state index in [0.717, 1.165) is 0 Å². The van der Waals surface area contributed by atoms with E-state index in [9.17, 15) is 29.4 Å². The van der Waals surface area contributed by atoms with Gasteiger partial charge in [0.05, 0.1) is 23.3 Å². The molecule has 2 aromatic rings. The molecule has 0 aromatic heterocycles. The Morgan fingerprint density at radius 3 is 1.19 bits per heavy atom. The molecule has 0 saturated heterocycles. The molecular weight excluding hydrogens is 1170 g/mol. The number of carboxylic acids is 2. The first-order chi connectivity index (χ1) is 15.8. The normalized spacial score (nSPS) is 10.1. The Morgan fingerprint density at radius 2 is 0.917 bits per heavy atom. The molecule has 0 radical (unpaired) electrons. The molecule has 16 heteroatoms. The summed E-state index contributed by atoms with van der Waals surface area (Å²) in [5, 5.41) is 28.3. The zero-order valence-corrected chi connectivity index (χ0v) is 35.6. The summed E-state index contributed by atoms with van der Waals surface area (Å²) < 4.78 is 3.28. The Labute approximate surface area is 333 Å². The van der Waals surface area contributed by atoms with E-state index in [1.54, 1.807) is 12.1 Å². The van der Waals surface area contributed by atoms with Gasteiger partial charge in [0.2, 0.25) is 11.8 Å². The number of nitrogens with one attached hydrogen (secondary N) is 2. The van der Waals surface area contributed by atoms with Crippen molar-refractivity contribution in [1.82, 2.24) is 0 Å². The molecule has 0 heterocycles. The third-order valence-electron chi connectivity index (χ3n) is 4.33. The summed E-state index contributed by atoms with van der Waals surface area (Å²) >= 11 is 11.6. The van der Waals surface area contributed by atoms with Crippen molar-refractivity contribution in [1.29, 1.82) is 0 Å². The van der Waals surface area contributed by atoms with Gasteiger partial charge in [0.15, 0.2) is 0 Å². The summed E-state index contributed by atoms with van der Waals surface area (Å²) in [7, 11) is 0. The number of anilines is 2. The summed E-state index contributed by atoms with van der Waals surface area (Å²) in [6.45, 7) is 0. The van der Waals surface area contributed by atoms with Crippen molar-refractivity contribution in [3.05, 3.63) is 44.7 Å². The second-order valence-electron chi connectivity index (χ2n) is 6.69. The molecule has 2 aromatic carbocycles. The molecule has 36 heavy (non-hydrogen) atoms. The van der Waals surface area contributed by atoms with Crippen LogP contribution < -0.4 is 80.0 Å². The maximum Gasteiger partial charge on any atom is 1.00 e. The second kappa shape index (κ2) is 18.3. The molecule has 0 unspecified atom stereocenters. The average molecular weight is 1180 g/mol. The molecule has 2 amide bonds. The van der Waals surface area contributed by atoms with Crippen molar-refractivity contribution in [3.63, 3.8) is 0 Å². The number of benzene rings is 2. The van der Waals surface area contributed by atoms with Crippen molar-refractivity contribution >= 4 is 171 Å². The Morgan fingerprint density at radius 1 is 0.611 bits per heavy atom. The number of carboxylic acid groups (broad SMARTS) is 2. The smallest absolute Gasteiger partial charge is 0.545 e. The van der Waals surface area contributed by atoms with Crippen molar-refractivity contribution in [3.8, 4) is 0 Å². The molecule has 0 saturated carbocycles. The van der Waals surface area contributed by atoms with Crippen LogP contribution >= 0.6 is 136 Å². The fourth-order valence-corrected chi connectivity index (χ4v) is 10.9. The Bertz CT molecular complexity index is 1110. The molecule has 2 N–H and O–H groups in total.